The van der Waals surface area contributed by atoms with E-state index in [0.29, 0.717) is 53.0 Å². The lowest BCUT2D eigenvalue weighted by molar-refractivity contribution is -0.123. The van der Waals surface area contributed by atoms with Crippen LogP contribution in [-0.2, 0) is 9.59 Å². The highest BCUT2D eigenvalue weighted by atomic mass is 16.5. The van der Waals surface area contributed by atoms with Gasteiger partial charge in [-0.1, -0.05) is 0 Å². The van der Waals surface area contributed by atoms with Crippen LogP contribution in [0, 0.1) is 0 Å². The summed E-state index contributed by atoms with van der Waals surface area (Å²) in [4.78, 5) is 41.3. The second-order valence-corrected chi connectivity index (χ2v) is 7.39. The summed E-state index contributed by atoms with van der Waals surface area (Å²) in [6, 6.07) is 8.07. The zero-order chi connectivity index (χ0) is 24.8. The third-order valence-corrected chi connectivity index (χ3v) is 5.45. The van der Waals surface area contributed by atoms with Crippen LogP contribution < -0.4 is 29.2 Å². The first-order valence-corrected chi connectivity index (χ1v) is 10.8. The zero-order valence-corrected chi connectivity index (χ0v) is 20.0. The molecule has 10 nitrogen and oxygen atoms in total. The Morgan fingerprint density at radius 2 is 1.68 bits per heavy atom. The van der Waals surface area contributed by atoms with Gasteiger partial charge in [-0.25, -0.2) is 0 Å². The van der Waals surface area contributed by atoms with Crippen LogP contribution >= 0.6 is 0 Å². The van der Waals surface area contributed by atoms with Gasteiger partial charge in [0.05, 0.1) is 27.0 Å². The number of fused-ring (bicyclic) bond motifs is 1. The fraction of sp³-hybridized carbons (Fsp3) is 0.375. The maximum atomic E-state index is 12.9. The van der Waals surface area contributed by atoms with Crippen LogP contribution in [0.5, 0.6) is 23.0 Å². The van der Waals surface area contributed by atoms with E-state index in [1.54, 1.807) is 35.2 Å². The van der Waals surface area contributed by atoms with Gasteiger partial charge >= 0.3 is 0 Å². The number of hydrogen-bond acceptors (Lipinski definition) is 7. The Labute approximate surface area is 198 Å². The first-order chi connectivity index (χ1) is 16.4. The fourth-order valence-corrected chi connectivity index (χ4v) is 3.70. The summed E-state index contributed by atoms with van der Waals surface area (Å²) in [5.74, 6) is 0.583. The molecule has 0 radical (unpaired) electrons. The summed E-state index contributed by atoms with van der Waals surface area (Å²) in [7, 11) is 4.44. The van der Waals surface area contributed by atoms with Crippen molar-refractivity contribution < 1.29 is 33.3 Å². The van der Waals surface area contributed by atoms with E-state index in [1.807, 2.05) is 13.8 Å². The van der Waals surface area contributed by atoms with Gasteiger partial charge in [0.15, 0.2) is 18.1 Å². The van der Waals surface area contributed by atoms with E-state index in [4.69, 9.17) is 18.9 Å². The molecule has 182 valence electrons. The van der Waals surface area contributed by atoms with Crippen molar-refractivity contribution in [3.63, 3.8) is 0 Å². The molecule has 0 aromatic heterocycles. The van der Waals surface area contributed by atoms with Crippen molar-refractivity contribution in [3.05, 3.63) is 35.9 Å². The fourth-order valence-electron chi connectivity index (χ4n) is 3.70. The Bertz CT molecular complexity index is 1060. The average Bonchev–Trinajstić information content (AvgIpc) is 2.85. The lowest BCUT2D eigenvalue weighted by atomic mass is 10.1. The van der Waals surface area contributed by atoms with Crippen LogP contribution in [0.2, 0.25) is 0 Å². The van der Waals surface area contributed by atoms with Gasteiger partial charge in [-0.15, -0.1) is 0 Å². The predicted molar refractivity (Wildman–Crippen MR) is 126 cm³/mol. The molecule has 0 atom stereocenters. The predicted octanol–water partition coefficient (Wildman–Crippen LogP) is 2.56. The molecule has 0 spiro atoms. The number of anilines is 2. The second kappa shape index (κ2) is 10.8. The van der Waals surface area contributed by atoms with E-state index in [0.717, 1.165) is 0 Å². The van der Waals surface area contributed by atoms with Gasteiger partial charge in [0.25, 0.3) is 11.8 Å². The summed E-state index contributed by atoms with van der Waals surface area (Å²) in [6.45, 7) is 4.44. The van der Waals surface area contributed by atoms with Gasteiger partial charge < -0.3 is 29.2 Å². The summed E-state index contributed by atoms with van der Waals surface area (Å²) in [6.07, 6.45) is 0. The first-order valence-electron chi connectivity index (χ1n) is 10.8. The van der Waals surface area contributed by atoms with Crippen molar-refractivity contribution in [3.8, 4) is 23.0 Å². The van der Waals surface area contributed by atoms with Crippen molar-refractivity contribution in [2.24, 2.45) is 0 Å². The minimum atomic E-state index is -0.448. The Morgan fingerprint density at radius 1 is 1.03 bits per heavy atom. The third-order valence-electron chi connectivity index (χ3n) is 5.45. The molecule has 3 amide bonds. The molecule has 1 N–H and O–H groups in total. The van der Waals surface area contributed by atoms with E-state index < -0.39 is 5.91 Å². The SMILES string of the molecule is CCN(CC)C(=O)c1ccc2c(c1)N(CC(=O)Nc1cc(OC)c(OC)c(OC)c1)C(=O)CO2. The highest BCUT2D eigenvalue weighted by Crippen LogP contribution is 2.40. The number of hydrogen-bond donors (Lipinski definition) is 1. The minimum absolute atomic E-state index is 0.160. The number of carbonyl (C=O) groups is 3. The highest BCUT2D eigenvalue weighted by molar-refractivity contribution is 6.06. The molecular weight excluding hydrogens is 442 g/mol. The molecule has 2 aromatic rings. The van der Waals surface area contributed by atoms with Crippen LogP contribution in [-0.4, -0.2) is 70.2 Å². The number of ether oxygens (including phenoxy) is 4. The molecule has 0 bridgehead atoms. The summed E-state index contributed by atoms with van der Waals surface area (Å²) >= 11 is 0. The Kier molecular flexibility index (Phi) is 7.83. The van der Waals surface area contributed by atoms with Gasteiger partial charge in [0.2, 0.25) is 11.7 Å². The van der Waals surface area contributed by atoms with E-state index in [2.05, 4.69) is 5.32 Å². The summed E-state index contributed by atoms with van der Waals surface area (Å²) in [5, 5.41) is 2.75. The Hall–Kier alpha value is -3.95. The van der Waals surface area contributed by atoms with E-state index in [1.165, 1.54) is 26.2 Å². The maximum Gasteiger partial charge on any atom is 0.265 e. The average molecular weight is 472 g/mol. The molecule has 0 saturated heterocycles. The molecule has 1 aliphatic heterocycles. The molecule has 0 fully saturated rings. The van der Waals surface area contributed by atoms with Crippen molar-refractivity contribution in [1.29, 1.82) is 0 Å². The number of nitrogens with one attached hydrogen (secondary N) is 1. The Balaban J connectivity index is 1.85. The van der Waals surface area contributed by atoms with Crippen LogP contribution in [0.25, 0.3) is 0 Å². The number of nitrogens with zero attached hydrogens (tertiary/aromatic N) is 2. The zero-order valence-electron chi connectivity index (χ0n) is 20.0. The van der Waals surface area contributed by atoms with Gasteiger partial charge in [-0.2, -0.15) is 0 Å². The van der Waals surface area contributed by atoms with E-state index in [-0.39, 0.29) is 25.0 Å². The van der Waals surface area contributed by atoms with Gasteiger partial charge in [-0.05, 0) is 32.0 Å². The molecule has 1 heterocycles. The first kappa shape index (κ1) is 24.7. The molecule has 1 aliphatic rings. The maximum absolute atomic E-state index is 12.9. The monoisotopic (exact) mass is 471 g/mol. The summed E-state index contributed by atoms with van der Waals surface area (Å²) < 4.78 is 21.4. The van der Waals surface area contributed by atoms with Crippen molar-refractivity contribution in [2.45, 2.75) is 13.8 Å². The standard InChI is InChI=1S/C24H29N3O7/c1-6-26(7-2)24(30)15-8-9-18-17(10-15)27(22(29)14-34-18)13-21(28)25-16-11-19(31-3)23(33-5)20(12-16)32-4/h8-12H,6-7,13-14H2,1-5H3,(H,25,28). The van der Waals surface area contributed by atoms with Gasteiger partial charge in [0, 0.05) is 36.5 Å². The smallest absolute Gasteiger partial charge is 0.265 e. The summed E-state index contributed by atoms with van der Waals surface area (Å²) in [5.41, 5.74) is 1.19. The number of benzene rings is 2. The Morgan fingerprint density at radius 3 is 2.24 bits per heavy atom. The molecule has 0 unspecified atom stereocenters. The molecule has 34 heavy (non-hydrogen) atoms. The lowest BCUT2D eigenvalue weighted by Crippen LogP contribution is -2.43. The van der Waals surface area contributed by atoms with E-state index >= 15 is 0 Å². The van der Waals surface area contributed by atoms with Crippen LogP contribution in [0.1, 0.15) is 24.2 Å². The molecule has 3 rings (SSSR count). The largest absolute Gasteiger partial charge is 0.493 e. The quantitative estimate of drug-likeness (QED) is 0.599. The third kappa shape index (κ3) is 5.00. The highest BCUT2D eigenvalue weighted by Gasteiger charge is 2.29. The number of methoxy groups -OCH3 is 3. The van der Waals surface area contributed by atoms with Crippen LogP contribution in [0.15, 0.2) is 30.3 Å². The number of rotatable bonds is 9. The van der Waals surface area contributed by atoms with Gasteiger partial charge in [0.1, 0.15) is 12.3 Å². The van der Waals surface area contributed by atoms with E-state index in [9.17, 15) is 14.4 Å². The molecule has 10 heteroatoms. The van der Waals surface area contributed by atoms with Crippen LogP contribution in [0.3, 0.4) is 0 Å². The van der Waals surface area contributed by atoms with Crippen molar-refractivity contribution >= 4 is 29.1 Å². The van der Waals surface area contributed by atoms with Crippen LogP contribution in [0.4, 0.5) is 11.4 Å². The number of carbonyl (C=O) groups excluding carboxylic acids is 3. The van der Waals surface area contributed by atoms with Crippen molar-refractivity contribution in [2.75, 3.05) is 57.8 Å². The second-order valence-electron chi connectivity index (χ2n) is 7.39. The molecule has 0 aliphatic carbocycles. The lowest BCUT2D eigenvalue weighted by Gasteiger charge is -2.29. The minimum Gasteiger partial charge on any atom is -0.493 e. The number of amides is 3. The molecule has 2 aromatic carbocycles. The topological polar surface area (TPSA) is 107 Å². The molecule has 0 saturated carbocycles. The molecular formula is C24H29N3O7. The van der Waals surface area contributed by atoms with Crippen molar-refractivity contribution in [1.82, 2.24) is 4.90 Å². The normalized spacial score (nSPS) is 12.4. The van der Waals surface area contributed by atoms with Gasteiger partial charge in [-0.3, -0.25) is 19.3 Å².